The van der Waals surface area contributed by atoms with Crippen molar-refractivity contribution >= 4 is 38.4 Å². The number of benzene rings is 1. The number of methoxy groups -OCH3 is 2. The van der Waals surface area contributed by atoms with Crippen molar-refractivity contribution in [1.82, 2.24) is 9.62 Å². The molecule has 0 aliphatic carbocycles. The zero-order valence-electron chi connectivity index (χ0n) is 12.6. The molecule has 1 fully saturated rings. The molecule has 9 heteroatoms. The summed E-state index contributed by atoms with van der Waals surface area (Å²) in [5.74, 6) is 0.866. The number of sulfonamides is 1. The number of hydrogen-bond donors (Lipinski definition) is 1. The van der Waals surface area contributed by atoms with Crippen molar-refractivity contribution in [1.29, 1.82) is 0 Å². The molecule has 0 aromatic heterocycles. The van der Waals surface area contributed by atoms with E-state index >= 15 is 0 Å². The Balaban J connectivity index is 0.00000242. The quantitative estimate of drug-likeness (QED) is 0.795. The van der Waals surface area contributed by atoms with Gasteiger partial charge in [-0.05, 0) is 35.0 Å². The van der Waals surface area contributed by atoms with Crippen molar-refractivity contribution in [3.05, 3.63) is 16.6 Å². The second-order valence-corrected chi connectivity index (χ2v) is 7.63. The van der Waals surface area contributed by atoms with Gasteiger partial charge in [-0.3, -0.25) is 0 Å². The van der Waals surface area contributed by atoms with E-state index in [9.17, 15) is 8.42 Å². The number of hydrogen-bond acceptors (Lipinski definition) is 5. The highest BCUT2D eigenvalue weighted by Gasteiger charge is 2.32. The first-order valence-corrected chi connectivity index (χ1v) is 8.75. The summed E-state index contributed by atoms with van der Waals surface area (Å²) in [6, 6.07) is 3.05. The van der Waals surface area contributed by atoms with Gasteiger partial charge in [0, 0.05) is 30.2 Å². The van der Waals surface area contributed by atoms with E-state index in [4.69, 9.17) is 9.47 Å². The van der Waals surface area contributed by atoms with Gasteiger partial charge < -0.3 is 14.8 Å². The summed E-state index contributed by atoms with van der Waals surface area (Å²) < 4.78 is 37.8. The standard InChI is InChI=1S/C13H19BrN2O4S.ClH/c1-16(9-4-5-15-8-9)21(17,18)13-7-12(20-3)11(19-2)6-10(13)14;/h6-7,9,15H,4-5,8H2,1-3H3;1H. The Kier molecular flexibility index (Phi) is 6.94. The molecule has 1 atom stereocenters. The molecule has 6 nitrogen and oxygen atoms in total. The van der Waals surface area contributed by atoms with Gasteiger partial charge in [0.05, 0.1) is 14.2 Å². The minimum atomic E-state index is -3.60. The number of nitrogens with zero attached hydrogens (tertiary/aromatic N) is 1. The third-order valence-corrected chi connectivity index (χ3v) is 6.51. The second-order valence-electron chi connectivity index (χ2n) is 4.81. The molecular formula is C13H20BrClN2O4S. The minimum Gasteiger partial charge on any atom is -0.493 e. The highest BCUT2D eigenvalue weighted by Crippen LogP contribution is 2.37. The van der Waals surface area contributed by atoms with Crippen LogP contribution in [0, 0.1) is 0 Å². The molecule has 0 spiro atoms. The van der Waals surface area contributed by atoms with Crippen LogP contribution in [0.2, 0.25) is 0 Å². The summed E-state index contributed by atoms with van der Waals surface area (Å²) in [4.78, 5) is 0.176. The zero-order chi connectivity index (χ0) is 15.6. The Morgan fingerprint density at radius 1 is 1.27 bits per heavy atom. The SMILES string of the molecule is COc1cc(Br)c(S(=O)(=O)N(C)C2CCNC2)cc1OC.Cl. The van der Waals surface area contributed by atoms with Crippen LogP contribution in [0.1, 0.15) is 6.42 Å². The van der Waals surface area contributed by atoms with Crippen molar-refractivity contribution in [3.8, 4) is 11.5 Å². The lowest BCUT2D eigenvalue weighted by molar-refractivity contribution is 0.352. The molecule has 1 aromatic rings. The molecule has 1 heterocycles. The fourth-order valence-electron chi connectivity index (χ4n) is 2.33. The first kappa shape index (κ1) is 19.5. The molecule has 1 N–H and O–H groups in total. The lowest BCUT2D eigenvalue weighted by atomic mass is 10.3. The highest BCUT2D eigenvalue weighted by atomic mass is 79.9. The highest BCUT2D eigenvalue weighted by molar-refractivity contribution is 9.10. The molecule has 0 saturated carbocycles. The van der Waals surface area contributed by atoms with Crippen molar-refractivity contribution < 1.29 is 17.9 Å². The normalized spacial score (nSPS) is 18.1. The molecule has 0 amide bonds. The van der Waals surface area contributed by atoms with Crippen LogP contribution in [0.4, 0.5) is 0 Å². The Hall–Kier alpha value is -0.540. The second kappa shape index (κ2) is 7.83. The summed E-state index contributed by atoms with van der Waals surface area (Å²) in [7, 11) is 0.995. The summed E-state index contributed by atoms with van der Waals surface area (Å²) in [6.45, 7) is 1.50. The maximum Gasteiger partial charge on any atom is 0.244 e. The number of rotatable bonds is 5. The number of likely N-dealkylation sites (N-methyl/N-ethyl adjacent to an activating group) is 1. The summed E-state index contributed by atoms with van der Waals surface area (Å²) >= 11 is 3.31. The average Bonchev–Trinajstić information content (AvgIpc) is 2.99. The number of ether oxygens (including phenoxy) is 2. The van der Waals surface area contributed by atoms with Crippen LogP contribution in [0.5, 0.6) is 11.5 Å². The third-order valence-electron chi connectivity index (χ3n) is 3.64. The fraction of sp³-hybridized carbons (Fsp3) is 0.538. The van der Waals surface area contributed by atoms with Crippen LogP contribution >= 0.6 is 28.3 Å². The third kappa shape index (κ3) is 3.68. The Labute approximate surface area is 145 Å². The lowest BCUT2D eigenvalue weighted by Crippen LogP contribution is -2.38. The van der Waals surface area contributed by atoms with Gasteiger partial charge in [-0.1, -0.05) is 0 Å². The molecule has 2 rings (SSSR count). The van der Waals surface area contributed by atoms with Crippen LogP contribution in [0.15, 0.2) is 21.5 Å². The summed E-state index contributed by atoms with van der Waals surface area (Å²) in [5.41, 5.74) is 0. The summed E-state index contributed by atoms with van der Waals surface area (Å²) in [5, 5.41) is 3.17. The van der Waals surface area contributed by atoms with E-state index in [0.29, 0.717) is 22.5 Å². The molecule has 1 aromatic carbocycles. The molecule has 126 valence electrons. The van der Waals surface area contributed by atoms with Gasteiger partial charge in [0.25, 0.3) is 0 Å². The van der Waals surface area contributed by atoms with Crippen LogP contribution in [-0.2, 0) is 10.0 Å². The van der Waals surface area contributed by atoms with Gasteiger partial charge in [-0.25, -0.2) is 8.42 Å². The van der Waals surface area contributed by atoms with Gasteiger partial charge in [0.2, 0.25) is 10.0 Å². The van der Waals surface area contributed by atoms with E-state index in [1.807, 2.05) is 0 Å². The van der Waals surface area contributed by atoms with Crippen molar-refractivity contribution in [2.45, 2.75) is 17.4 Å². The maximum absolute atomic E-state index is 12.8. The molecule has 22 heavy (non-hydrogen) atoms. The zero-order valence-corrected chi connectivity index (χ0v) is 15.8. The predicted octanol–water partition coefficient (Wildman–Crippen LogP) is 1.87. The average molecular weight is 416 g/mol. The molecule has 1 aliphatic heterocycles. The molecule has 1 saturated heterocycles. The lowest BCUT2D eigenvalue weighted by Gasteiger charge is -2.24. The first-order chi connectivity index (χ1) is 9.91. The van der Waals surface area contributed by atoms with Gasteiger partial charge >= 0.3 is 0 Å². The van der Waals surface area contributed by atoms with Gasteiger partial charge in [-0.15, -0.1) is 12.4 Å². The molecule has 0 radical (unpaired) electrons. The van der Waals surface area contributed by atoms with Crippen LogP contribution < -0.4 is 14.8 Å². The maximum atomic E-state index is 12.8. The van der Waals surface area contributed by atoms with E-state index in [0.717, 1.165) is 13.0 Å². The Morgan fingerprint density at radius 2 is 1.86 bits per heavy atom. The van der Waals surface area contributed by atoms with Crippen LogP contribution in [0.25, 0.3) is 0 Å². The monoisotopic (exact) mass is 414 g/mol. The van der Waals surface area contributed by atoms with Gasteiger partial charge in [0.15, 0.2) is 11.5 Å². The van der Waals surface area contributed by atoms with Gasteiger partial charge in [-0.2, -0.15) is 4.31 Å². The fourth-order valence-corrected chi connectivity index (χ4v) is 4.71. The van der Waals surface area contributed by atoms with E-state index < -0.39 is 10.0 Å². The van der Waals surface area contributed by atoms with Crippen molar-refractivity contribution in [3.63, 3.8) is 0 Å². The Bertz CT molecular complexity index is 621. The van der Waals surface area contributed by atoms with Crippen molar-refractivity contribution in [2.24, 2.45) is 0 Å². The van der Waals surface area contributed by atoms with E-state index in [1.54, 1.807) is 13.1 Å². The van der Waals surface area contributed by atoms with E-state index in [-0.39, 0.29) is 23.3 Å². The largest absolute Gasteiger partial charge is 0.493 e. The topological polar surface area (TPSA) is 67.9 Å². The first-order valence-electron chi connectivity index (χ1n) is 6.52. The molecule has 1 unspecified atom stereocenters. The van der Waals surface area contributed by atoms with Crippen LogP contribution in [-0.4, -0.2) is 53.1 Å². The smallest absolute Gasteiger partial charge is 0.244 e. The predicted molar refractivity (Wildman–Crippen MR) is 90.7 cm³/mol. The minimum absolute atomic E-state index is 0. The number of halogens is 2. The van der Waals surface area contributed by atoms with Crippen molar-refractivity contribution in [2.75, 3.05) is 34.4 Å². The van der Waals surface area contributed by atoms with Crippen LogP contribution in [0.3, 0.4) is 0 Å². The molecular weight excluding hydrogens is 396 g/mol. The molecule has 0 bridgehead atoms. The van der Waals surface area contributed by atoms with E-state index in [2.05, 4.69) is 21.2 Å². The van der Waals surface area contributed by atoms with Gasteiger partial charge in [0.1, 0.15) is 4.90 Å². The summed E-state index contributed by atoms with van der Waals surface area (Å²) in [6.07, 6.45) is 0.806. The van der Waals surface area contributed by atoms with E-state index in [1.165, 1.54) is 24.6 Å². The number of nitrogens with one attached hydrogen (secondary N) is 1. The molecule has 1 aliphatic rings. The Morgan fingerprint density at radius 3 is 2.36 bits per heavy atom.